The van der Waals surface area contributed by atoms with Gasteiger partial charge in [0.2, 0.25) is 0 Å². The maximum atomic E-state index is 12.0. The van der Waals surface area contributed by atoms with Gasteiger partial charge >= 0.3 is 0 Å². The lowest BCUT2D eigenvalue weighted by molar-refractivity contribution is 0.0722. The fourth-order valence-corrected chi connectivity index (χ4v) is 4.45. The van der Waals surface area contributed by atoms with E-state index in [-0.39, 0.29) is 6.04 Å². The van der Waals surface area contributed by atoms with Crippen LogP contribution in [0.15, 0.2) is 0 Å². The third-order valence-electron chi connectivity index (χ3n) is 2.58. The molecule has 1 aliphatic rings. The van der Waals surface area contributed by atoms with E-state index in [2.05, 4.69) is 27.3 Å². The van der Waals surface area contributed by atoms with Crippen LogP contribution in [-0.4, -0.2) is 49.5 Å². The average Bonchev–Trinajstić information content (AvgIpc) is 2.27. The molecule has 0 saturated carbocycles. The minimum atomic E-state index is -3.34. The van der Waals surface area contributed by atoms with E-state index >= 15 is 0 Å². The third-order valence-corrected chi connectivity index (χ3v) is 5.18. The molecular formula is C9H19IN2O3S. The molecule has 1 fully saturated rings. The van der Waals surface area contributed by atoms with Gasteiger partial charge < -0.3 is 4.74 Å². The lowest BCUT2D eigenvalue weighted by Crippen LogP contribution is -2.51. The first kappa shape index (κ1) is 14.6. The van der Waals surface area contributed by atoms with Crippen LogP contribution in [0.2, 0.25) is 0 Å². The number of alkyl halides is 1. The molecule has 1 aliphatic heterocycles. The van der Waals surface area contributed by atoms with Crippen molar-refractivity contribution in [2.45, 2.75) is 19.9 Å². The van der Waals surface area contributed by atoms with Crippen LogP contribution in [0.3, 0.4) is 0 Å². The Balaban J connectivity index is 2.62. The number of halogens is 1. The first-order chi connectivity index (χ1) is 7.47. The topological polar surface area (TPSA) is 58.6 Å². The van der Waals surface area contributed by atoms with Crippen LogP contribution < -0.4 is 4.72 Å². The highest BCUT2D eigenvalue weighted by Gasteiger charge is 2.27. The number of ether oxygens (including phenoxy) is 1. The first-order valence-electron chi connectivity index (χ1n) is 5.38. The van der Waals surface area contributed by atoms with Crippen molar-refractivity contribution in [1.29, 1.82) is 0 Å². The van der Waals surface area contributed by atoms with E-state index in [0.29, 0.717) is 32.2 Å². The van der Waals surface area contributed by atoms with Gasteiger partial charge in [0.25, 0.3) is 10.2 Å². The summed E-state index contributed by atoms with van der Waals surface area (Å²) in [6.07, 6.45) is 0. The van der Waals surface area contributed by atoms with Crippen LogP contribution >= 0.6 is 22.6 Å². The zero-order valence-electron chi connectivity index (χ0n) is 9.65. The Morgan fingerprint density at radius 1 is 1.38 bits per heavy atom. The summed E-state index contributed by atoms with van der Waals surface area (Å²) in [7, 11) is -3.34. The Hall–Kier alpha value is 0.560. The monoisotopic (exact) mass is 362 g/mol. The van der Waals surface area contributed by atoms with Crippen molar-refractivity contribution in [2.24, 2.45) is 5.92 Å². The molecule has 0 spiro atoms. The molecule has 1 N–H and O–H groups in total. The molecule has 0 aliphatic carbocycles. The van der Waals surface area contributed by atoms with Crippen molar-refractivity contribution in [3.63, 3.8) is 0 Å². The molecule has 0 radical (unpaired) electrons. The van der Waals surface area contributed by atoms with Gasteiger partial charge in [-0.05, 0) is 5.92 Å². The summed E-state index contributed by atoms with van der Waals surface area (Å²) >= 11 is 2.21. The van der Waals surface area contributed by atoms with Gasteiger partial charge in [0.05, 0.1) is 13.2 Å². The predicted molar refractivity (Wildman–Crippen MR) is 72.0 cm³/mol. The summed E-state index contributed by atoms with van der Waals surface area (Å²) < 4.78 is 34.1. The van der Waals surface area contributed by atoms with Crippen LogP contribution in [-0.2, 0) is 14.9 Å². The van der Waals surface area contributed by atoms with E-state index in [4.69, 9.17) is 4.74 Å². The summed E-state index contributed by atoms with van der Waals surface area (Å²) in [5.74, 6) is 0.299. The van der Waals surface area contributed by atoms with Crippen LogP contribution in [0.25, 0.3) is 0 Å². The lowest BCUT2D eigenvalue weighted by atomic mass is 10.1. The molecule has 0 aromatic heterocycles. The van der Waals surface area contributed by atoms with Crippen molar-refractivity contribution in [2.75, 3.05) is 30.7 Å². The number of nitrogens with zero attached hydrogens (tertiary/aromatic N) is 1. The standard InChI is InChI=1S/C9H19IN2O3S/c1-8(2)9(7-10)11-16(13,14)12-3-5-15-6-4-12/h8-9,11H,3-7H2,1-2H3. The van der Waals surface area contributed by atoms with Gasteiger partial charge in [-0.25, -0.2) is 0 Å². The highest BCUT2D eigenvalue weighted by atomic mass is 127. The van der Waals surface area contributed by atoms with Gasteiger partial charge in [-0.2, -0.15) is 17.4 Å². The van der Waals surface area contributed by atoms with Crippen molar-refractivity contribution >= 4 is 32.8 Å². The summed E-state index contributed by atoms with van der Waals surface area (Å²) in [5, 5.41) is 0. The Morgan fingerprint density at radius 2 is 1.94 bits per heavy atom. The normalized spacial score (nSPS) is 21.2. The molecule has 1 atom stereocenters. The first-order valence-corrected chi connectivity index (χ1v) is 8.35. The molecule has 0 aromatic rings. The fraction of sp³-hybridized carbons (Fsp3) is 1.00. The molecule has 0 amide bonds. The summed E-state index contributed by atoms with van der Waals surface area (Å²) in [4.78, 5) is 0. The molecule has 16 heavy (non-hydrogen) atoms. The van der Waals surface area contributed by atoms with E-state index in [0.717, 1.165) is 4.43 Å². The van der Waals surface area contributed by atoms with E-state index < -0.39 is 10.2 Å². The van der Waals surface area contributed by atoms with Gasteiger partial charge in [0, 0.05) is 23.6 Å². The van der Waals surface area contributed by atoms with Gasteiger partial charge in [-0.3, -0.25) is 0 Å². The van der Waals surface area contributed by atoms with Gasteiger partial charge in [-0.15, -0.1) is 0 Å². The zero-order valence-corrected chi connectivity index (χ0v) is 12.6. The Bertz CT molecular complexity index is 302. The second kappa shape index (κ2) is 6.48. The molecule has 7 heteroatoms. The molecule has 96 valence electrons. The predicted octanol–water partition coefficient (Wildman–Crippen LogP) is 0.613. The van der Waals surface area contributed by atoms with Crippen molar-refractivity contribution in [1.82, 2.24) is 9.03 Å². The number of nitrogens with one attached hydrogen (secondary N) is 1. The minimum Gasteiger partial charge on any atom is -0.379 e. The molecule has 1 saturated heterocycles. The SMILES string of the molecule is CC(C)C(CI)NS(=O)(=O)N1CCOCC1. The second-order valence-corrected chi connectivity index (χ2v) is 6.72. The molecule has 1 rings (SSSR count). The van der Waals surface area contributed by atoms with Gasteiger partial charge in [-0.1, -0.05) is 36.4 Å². The number of morpholine rings is 1. The van der Waals surface area contributed by atoms with Crippen LogP contribution in [0.1, 0.15) is 13.8 Å². The van der Waals surface area contributed by atoms with Gasteiger partial charge in [0.1, 0.15) is 0 Å². The quantitative estimate of drug-likeness (QED) is 0.576. The van der Waals surface area contributed by atoms with Crippen molar-refractivity contribution < 1.29 is 13.2 Å². The smallest absolute Gasteiger partial charge is 0.279 e. The molecule has 1 unspecified atom stereocenters. The highest BCUT2D eigenvalue weighted by Crippen LogP contribution is 2.10. The maximum Gasteiger partial charge on any atom is 0.279 e. The minimum absolute atomic E-state index is 0.00607. The lowest BCUT2D eigenvalue weighted by Gasteiger charge is -2.29. The molecule has 0 aromatic carbocycles. The average molecular weight is 362 g/mol. The largest absolute Gasteiger partial charge is 0.379 e. The third kappa shape index (κ3) is 4.10. The van der Waals surface area contributed by atoms with E-state index in [9.17, 15) is 8.42 Å². The van der Waals surface area contributed by atoms with E-state index in [1.54, 1.807) is 0 Å². The van der Waals surface area contributed by atoms with Gasteiger partial charge in [0.15, 0.2) is 0 Å². The van der Waals surface area contributed by atoms with Crippen LogP contribution in [0.4, 0.5) is 0 Å². The summed E-state index contributed by atoms with van der Waals surface area (Å²) in [6.45, 7) is 5.90. The zero-order chi connectivity index (χ0) is 12.2. The fourth-order valence-electron chi connectivity index (χ4n) is 1.40. The number of hydrogen-bond acceptors (Lipinski definition) is 3. The second-order valence-electron chi connectivity index (χ2n) is 4.14. The Labute approximate surface area is 111 Å². The molecular weight excluding hydrogens is 343 g/mol. The highest BCUT2D eigenvalue weighted by molar-refractivity contribution is 14.1. The Kier molecular flexibility index (Phi) is 5.92. The summed E-state index contributed by atoms with van der Waals surface area (Å²) in [6, 6.07) is -0.00607. The van der Waals surface area contributed by atoms with Crippen molar-refractivity contribution in [3.8, 4) is 0 Å². The molecule has 5 nitrogen and oxygen atoms in total. The number of hydrogen-bond donors (Lipinski definition) is 1. The Morgan fingerprint density at radius 3 is 2.38 bits per heavy atom. The van der Waals surface area contributed by atoms with Crippen LogP contribution in [0.5, 0.6) is 0 Å². The number of rotatable bonds is 5. The maximum absolute atomic E-state index is 12.0. The molecule has 0 bridgehead atoms. The molecule has 1 heterocycles. The van der Waals surface area contributed by atoms with Crippen molar-refractivity contribution in [3.05, 3.63) is 0 Å². The summed E-state index contributed by atoms with van der Waals surface area (Å²) in [5.41, 5.74) is 0. The van der Waals surface area contributed by atoms with E-state index in [1.807, 2.05) is 13.8 Å². The van der Waals surface area contributed by atoms with E-state index in [1.165, 1.54) is 4.31 Å². The van der Waals surface area contributed by atoms with Crippen LogP contribution in [0, 0.1) is 5.92 Å².